The molecular weight excluding hydrogens is 553 g/mol. The number of nitrogens with zero attached hydrogens (tertiary/aromatic N) is 5. The largest absolute Gasteiger partial charge is 0.325 e. The van der Waals surface area contributed by atoms with Crippen LogP contribution in [0.3, 0.4) is 0 Å². The van der Waals surface area contributed by atoms with Crippen LogP contribution in [0.4, 0.5) is 0 Å². The fourth-order valence-corrected chi connectivity index (χ4v) is 3.26. The molecule has 1 amide bonds. The summed E-state index contributed by atoms with van der Waals surface area (Å²) in [5.74, 6) is 0.723. The SMILES string of the molecule is C#C.C/C=C/N(C)C=O.C/C=C\C.CC.CC.Cc1nnc2cc(-c3ccc(Cl)cc3)c(-c3ccccc3Cl)nn12. The molecule has 6 nitrogen and oxygen atoms in total. The Hall–Kier alpha value is -3.92. The van der Waals surface area contributed by atoms with Gasteiger partial charge in [0, 0.05) is 29.4 Å². The van der Waals surface area contributed by atoms with E-state index in [4.69, 9.17) is 28.3 Å². The van der Waals surface area contributed by atoms with Crippen molar-refractivity contribution >= 4 is 35.3 Å². The molecule has 0 atom stereocenters. The zero-order chi connectivity index (χ0) is 31.8. The summed E-state index contributed by atoms with van der Waals surface area (Å²) in [7, 11) is 1.69. The number of fused-ring (bicyclic) bond motifs is 1. The van der Waals surface area contributed by atoms with E-state index in [1.54, 1.807) is 23.8 Å². The molecule has 0 unspecified atom stereocenters. The zero-order valence-electron chi connectivity index (χ0n) is 25.6. The number of aryl methyl sites for hydroxylation is 1. The van der Waals surface area contributed by atoms with Crippen molar-refractivity contribution in [3.05, 3.63) is 94.9 Å². The number of rotatable bonds is 4. The van der Waals surface area contributed by atoms with Crippen molar-refractivity contribution in [2.45, 2.75) is 55.4 Å². The fourth-order valence-electron chi connectivity index (χ4n) is 2.91. The van der Waals surface area contributed by atoms with Gasteiger partial charge in [-0.15, -0.1) is 23.0 Å². The Balaban J connectivity index is 0. The van der Waals surface area contributed by atoms with Crippen LogP contribution in [0.2, 0.25) is 10.0 Å². The number of carbonyl (C=O) groups excluding carboxylic acids is 1. The van der Waals surface area contributed by atoms with Gasteiger partial charge in [0.15, 0.2) is 11.5 Å². The monoisotopic (exact) mass is 595 g/mol. The van der Waals surface area contributed by atoms with Crippen LogP contribution in [0.1, 0.15) is 54.3 Å². The number of halogens is 2. The molecule has 2 heterocycles. The van der Waals surface area contributed by atoms with Crippen LogP contribution in [-0.2, 0) is 4.79 Å². The number of hydrogen-bond donors (Lipinski definition) is 0. The fraction of sp³-hybridized carbons (Fsp3) is 0.273. The van der Waals surface area contributed by atoms with E-state index >= 15 is 0 Å². The number of hydrogen-bond acceptors (Lipinski definition) is 4. The van der Waals surface area contributed by atoms with Crippen LogP contribution in [0, 0.1) is 19.8 Å². The molecule has 0 aliphatic carbocycles. The first-order valence-electron chi connectivity index (χ1n) is 13.3. The van der Waals surface area contributed by atoms with Gasteiger partial charge in [-0.2, -0.15) is 9.61 Å². The molecule has 4 rings (SSSR count). The maximum atomic E-state index is 9.77. The first-order valence-corrected chi connectivity index (χ1v) is 14.1. The van der Waals surface area contributed by atoms with E-state index in [2.05, 4.69) is 23.0 Å². The molecule has 0 N–H and O–H groups in total. The van der Waals surface area contributed by atoms with E-state index in [1.165, 1.54) is 4.90 Å². The van der Waals surface area contributed by atoms with Crippen molar-refractivity contribution in [3.63, 3.8) is 0 Å². The average Bonchev–Trinajstić information content (AvgIpc) is 3.40. The van der Waals surface area contributed by atoms with Crippen molar-refractivity contribution in [2.24, 2.45) is 0 Å². The van der Waals surface area contributed by atoms with E-state index < -0.39 is 0 Å². The van der Waals surface area contributed by atoms with Gasteiger partial charge in [0.25, 0.3) is 0 Å². The molecule has 2 aromatic carbocycles. The van der Waals surface area contributed by atoms with Crippen LogP contribution in [-0.4, -0.2) is 38.2 Å². The predicted octanol–water partition coefficient (Wildman–Crippen LogP) is 9.57. The number of benzene rings is 2. The molecule has 0 fully saturated rings. The summed E-state index contributed by atoms with van der Waals surface area (Å²) in [4.78, 5) is 11.2. The third kappa shape index (κ3) is 13.3. The van der Waals surface area contributed by atoms with Crippen molar-refractivity contribution < 1.29 is 4.79 Å². The Kier molecular flexibility index (Phi) is 22.9. The Morgan fingerprint density at radius 1 is 0.829 bits per heavy atom. The molecule has 41 heavy (non-hydrogen) atoms. The highest BCUT2D eigenvalue weighted by Gasteiger charge is 2.16. The average molecular weight is 597 g/mol. The lowest BCUT2D eigenvalue weighted by atomic mass is 10.00. The molecule has 220 valence electrons. The van der Waals surface area contributed by atoms with Crippen molar-refractivity contribution in [3.8, 4) is 35.2 Å². The molecular formula is C33H43Cl2N5O. The van der Waals surface area contributed by atoms with Crippen LogP contribution in [0.25, 0.3) is 28.0 Å². The quantitative estimate of drug-likeness (QED) is 0.134. The highest BCUT2D eigenvalue weighted by atomic mass is 35.5. The minimum Gasteiger partial charge on any atom is -0.325 e. The van der Waals surface area contributed by atoms with Crippen LogP contribution < -0.4 is 0 Å². The highest BCUT2D eigenvalue weighted by molar-refractivity contribution is 6.33. The molecule has 0 bridgehead atoms. The third-order valence-electron chi connectivity index (χ3n) is 4.72. The summed E-state index contributed by atoms with van der Waals surface area (Å²) in [6, 6.07) is 17.2. The van der Waals surface area contributed by atoms with E-state index in [1.807, 2.05) is 122 Å². The van der Waals surface area contributed by atoms with Gasteiger partial charge in [-0.25, -0.2) is 0 Å². The molecule has 0 aliphatic rings. The van der Waals surface area contributed by atoms with E-state index in [0.29, 0.717) is 15.7 Å². The summed E-state index contributed by atoms with van der Waals surface area (Å²) >= 11 is 12.4. The molecule has 8 heteroatoms. The first-order chi connectivity index (χ1) is 19.9. The maximum absolute atomic E-state index is 9.77. The van der Waals surface area contributed by atoms with Gasteiger partial charge >= 0.3 is 0 Å². The molecule has 2 aromatic heterocycles. The first kappa shape index (κ1) is 39.2. The van der Waals surface area contributed by atoms with Gasteiger partial charge in [-0.3, -0.25) is 4.79 Å². The number of aromatic nitrogens is 4. The van der Waals surface area contributed by atoms with Crippen LogP contribution >= 0.6 is 23.2 Å². The second-order valence-corrected chi connectivity index (χ2v) is 8.17. The summed E-state index contributed by atoms with van der Waals surface area (Å²) in [6.45, 7) is 15.7. The lowest BCUT2D eigenvalue weighted by molar-refractivity contribution is -0.115. The van der Waals surface area contributed by atoms with E-state index in [0.717, 1.165) is 34.6 Å². The molecule has 0 spiro atoms. The van der Waals surface area contributed by atoms with Gasteiger partial charge in [0.05, 0.1) is 5.02 Å². The minimum absolute atomic E-state index is 0.644. The number of carbonyl (C=O) groups is 1. The van der Waals surface area contributed by atoms with Crippen molar-refractivity contribution in [2.75, 3.05) is 7.05 Å². The van der Waals surface area contributed by atoms with Crippen molar-refractivity contribution in [1.82, 2.24) is 24.7 Å². The Bertz CT molecular complexity index is 1340. The van der Waals surface area contributed by atoms with Crippen LogP contribution in [0.15, 0.2) is 79.0 Å². The number of amides is 1. The van der Waals surface area contributed by atoms with Crippen molar-refractivity contribution in [1.29, 1.82) is 0 Å². The standard InChI is InChI=1S/C18H12Cl2N4.C5H9NO.C4H8.2C2H6.C2H2/c1-11-21-22-17-10-15(12-6-8-13(19)9-7-12)18(23-24(11)17)14-4-2-3-5-16(14)20;1-3-4-6(2)5-7;1-3-4-2;3*1-2/h2-10H,1H3;3-5H,1-2H3;3-4H,1-2H3;2*1-2H3;1-2H/b;4-3+;4-3-;;;. The normalized spacial score (nSPS) is 9.39. The molecule has 0 radical (unpaired) electrons. The molecule has 0 saturated heterocycles. The van der Waals surface area contributed by atoms with Crippen LogP contribution in [0.5, 0.6) is 0 Å². The van der Waals surface area contributed by atoms with Gasteiger partial charge in [0.1, 0.15) is 5.69 Å². The molecule has 0 aliphatic heterocycles. The smallest absolute Gasteiger partial charge is 0.213 e. The second kappa shape index (κ2) is 23.9. The lowest BCUT2D eigenvalue weighted by Crippen LogP contribution is -2.05. The van der Waals surface area contributed by atoms with E-state index in [-0.39, 0.29) is 0 Å². The Morgan fingerprint density at radius 2 is 1.39 bits per heavy atom. The minimum atomic E-state index is 0.644. The molecule has 4 aromatic rings. The summed E-state index contributed by atoms with van der Waals surface area (Å²) < 4.78 is 1.72. The summed E-state index contributed by atoms with van der Waals surface area (Å²) in [5.41, 5.74) is 4.25. The maximum Gasteiger partial charge on any atom is 0.213 e. The summed E-state index contributed by atoms with van der Waals surface area (Å²) in [5, 5.41) is 14.3. The van der Waals surface area contributed by atoms with Gasteiger partial charge < -0.3 is 4.90 Å². The predicted molar refractivity (Wildman–Crippen MR) is 178 cm³/mol. The summed E-state index contributed by atoms with van der Waals surface area (Å²) in [6.07, 6.45) is 16.2. The third-order valence-corrected chi connectivity index (χ3v) is 5.30. The van der Waals surface area contributed by atoms with Gasteiger partial charge in [-0.05, 0) is 57.5 Å². The second-order valence-electron chi connectivity index (χ2n) is 7.33. The Morgan fingerprint density at radius 3 is 1.85 bits per heavy atom. The highest BCUT2D eigenvalue weighted by Crippen LogP contribution is 2.35. The van der Waals surface area contributed by atoms with Gasteiger partial charge in [-0.1, -0.05) is 99.5 Å². The van der Waals surface area contributed by atoms with E-state index in [9.17, 15) is 4.79 Å². The zero-order valence-corrected chi connectivity index (χ0v) is 27.1. The molecule has 0 saturated carbocycles. The van der Waals surface area contributed by atoms with Gasteiger partial charge in [0.2, 0.25) is 6.41 Å². The number of allylic oxidation sites excluding steroid dienone is 3. The Labute approximate surface area is 256 Å². The lowest BCUT2D eigenvalue weighted by Gasteiger charge is -2.11. The number of terminal acetylenes is 1. The topological polar surface area (TPSA) is 63.4 Å².